The quantitative estimate of drug-likeness (QED) is 0.611. The minimum atomic E-state index is 0.405. The Morgan fingerprint density at radius 3 is 2.96 bits per heavy atom. The molecule has 1 N–H and O–H groups in total. The first-order chi connectivity index (χ1) is 11.8. The van der Waals surface area contributed by atoms with Crippen LogP contribution in [0, 0.1) is 11.8 Å². The van der Waals surface area contributed by atoms with Crippen molar-refractivity contribution in [1.29, 1.82) is 0 Å². The van der Waals surface area contributed by atoms with Crippen LogP contribution in [0.4, 0.5) is 5.69 Å². The van der Waals surface area contributed by atoms with Crippen molar-refractivity contribution < 1.29 is 4.42 Å². The Morgan fingerprint density at radius 1 is 1.04 bits per heavy atom. The van der Waals surface area contributed by atoms with E-state index >= 15 is 0 Å². The van der Waals surface area contributed by atoms with Gasteiger partial charge in [0.25, 0.3) is 0 Å². The van der Waals surface area contributed by atoms with E-state index < -0.39 is 0 Å². The van der Waals surface area contributed by atoms with Crippen molar-refractivity contribution in [3.05, 3.63) is 52.6 Å². The van der Waals surface area contributed by atoms with Crippen LogP contribution in [0.25, 0.3) is 10.3 Å². The van der Waals surface area contributed by atoms with Gasteiger partial charge >= 0.3 is 0 Å². The second kappa shape index (κ2) is 4.89. The zero-order valence-electron chi connectivity index (χ0n) is 13.6. The van der Waals surface area contributed by atoms with Crippen LogP contribution in [0.15, 0.2) is 41.0 Å². The van der Waals surface area contributed by atoms with E-state index in [1.807, 2.05) is 11.3 Å². The van der Waals surface area contributed by atoms with Gasteiger partial charge in [0.05, 0.1) is 17.0 Å². The van der Waals surface area contributed by atoms with Crippen LogP contribution in [0.2, 0.25) is 0 Å². The van der Waals surface area contributed by atoms with E-state index in [4.69, 9.17) is 4.42 Å². The minimum absolute atomic E-state index is 0.405. The molecular formula is C21H21NOS. The van der Waals surface area contributed by atoms with Gasteiger partial charge in [-0.2, -0.15) is 0 Å². The first-order valence-electron chi connectivity index (χ1n) is 9.20. The van der Waals surface area contributed by atoms with Crippen molar-refractivity contribution in [3.63, 3.8) is 0 Å². The van der Waals surface area contributed by atoms with Crippen molar-refractivity contribution in [2.45, 2.75) is 44.1 Å². The highest BCUT2D eigenvalue weighted by Crippen LogP contribution is 2.54. The Morgan fingerprint density at radius 2 is 2.04 bits per heavy atom. The largest absolute Gasteiger partial charge is 0.463 e. The van der Waals surface area contributed by atoms with Crippen LogP contribution in [0.1, 0.15) is 53.6 Å². The van der Waals surface area contributed by atoms with Crippen LogP contribution in [0.5, 0.6) is 0 Å². The molecule has 0 spiro atoms. The molecule has 0 radical (unpaired) electrons. The summed E-state index contributed by atoms with van der Waals surface area (Å²) in [7, 11) is 0. The lowest BCUT2D eigenvalue weighted by molar-refractivity contribution is 0.424. The fraction of sp³-hybridized carbons (Fsp3) is 0.429. The van der Waals surface area contributed by atoms with Crippen molar-refractivity contribution in [1.82, 2.24) is 0 Å². The molecule has 3 heterocycles. The lowest BCUT2D eigenvalue weighted by Gasteiger charge is -2.22. The maximum Gasteiger partial charge on any atom is 0.144 e. The topological polar surface area (TPSA) is 25.2 Å². The highest BCUT2D eigenvalue weighted by atomic mass is 32.1. The molecule has 1 aromatic carbocycles. The fourth-order valence-electron chi connectivity index (χ4n) is 4.90. The molecule has 2 aromatic heterocycles. The second-order valence-electron chi connectivity index (χ2n) is 7.88. The normalized spacial score (nSPS) is 30.8. The third-order valence-electron chi connectivity index (χ3n) is 6.40. The van der Waals surface area contributed by atoms with E-state index in [-0.39, 0.29) is 0 Å². The highest BCUT2D eigenvalue weighted by Gasteiger charge is 2.42. The van der Waals surface area contributed by atoms with Crippen LogP contribution in [-0.2, 0) is 6.42 Å². The maximum absolute atomic E-state index is 5.53. The summed E-state index contributed by atoms with van der Waals surface area (Å²) in [4.78, 5) is 1.39. The first-order valence-corrected chi connectivity index (χ1v) is 10.0. The van der Waals surface area contributed by atoms with Gasteiger partial charge in [-0.05, 0) is 79.2 Å². The average molecular weight is 335 g/mol. The first kappa shape index (κ1) is 13.5. The number of thiophene rings is 1. The van der Waals surface area contributed by atoms with E-state index in [1.54, 1.807) is 11.8 Å². The Kier molecular flexibility index (Phi) is 2.76. The summed E-state index contributed by atoms with van der Waals surface area (Å²) >= 11 is 1.85. The molecule has 1 aliphatic heterocycles. The summed E-state index contributed by atoms with van der Waals surface area (Å²) in [5.74, 6) is 2.92. The average Bonchev–Trinajstić information content (AvgIpc) is 2.92. The second-order valence-corrected chi connectivity index (χ2v) is 9.00. The summed E-state index contributed by atoms with van der Waals surface area (Å²) in [5, 5.41) is 3.77. The third kappa shape index (κ3) is 2.07. The zero-order chi connectivity index (χ0) is 15.7. The monoisotopic (exact) mass is 335 g/mol. The van der Waals surface area contributed by atoms with E-state index in [0.29, 0.717) is 6.04 Å². The highest BCUT2D eigenvalue weighted by molar-refractivity contribution is 7.19. The van der Waals surface area contributed by atoms with Gasteiger partial charge in [-0.15, -0.1) is 11.3 Å². The summed E-state index contributed by atoms with van der Waals surface area (Å²) in [6, 6.07) is 11.9. The van der Waals surface area contributed by atoms with Gasteiger partial charge in [0.15, 0.2) is 0 Å². The Labute approximate surface area is 145 Å². The molecule has 24 heavy (non-hydrogen) atoms. The molecule has 3 aromatic rings. The predicted octanol–water partition coefficient (Wildman–Crippen LogP) is 6.11. The van der Waals surface area contributed by atoms with E-state index in [2.05, 4.69) is 35.6 Å². The van der Waals surface area contributed by atoms with Gasteiger partial charge in [-0.3, -0.25) is 0 Å². The van der Waals surface area contributed by atoms with Crippen LogP contribution < -0.4 is 5.32 Å². The molecule has 3 heteroatoms. The maximum atomic E-state index is 5.53. The molecule has 6 rings (SSSR count). The predicted molar refractivity (Wildman–Crippen MR) is 98.8 cm³/mol. The van der Waals surface area contributed by atoms with Gasteiger partial charge in [0, 0.05) is 10.6 Å². The molecule has 122 valence electrons. The molecule has 2 fully saturated rings. The van der Waals surface area contributed by atoms with Crippen LogP contribution in [0.3, 0.4) is 0 Å². The molecule has 3 aliphatic rings. The minimum Gasteiger partial charge on any atom is -0.463 e. The number of anilines is 1. The van der Waals surface area contributed by atoms with Gasteiger partial charge < -0.3 is 9.73 Å². The lowest BCUT2D eigenvalue weighted by Crippen LogP contribution is -2.07. The third-order valence-corrected chi connectivity index (χ3v) is 7.60. The smallest absolute Gasteiger partial charge is 0.144 e. The van der Waals surface area contributed by atoms with Crippen molar-refractivity contribution in [2.75, 3.05) is 5.32 Å². The van der Waals surface area contributed by atoms with E-state index in [9.17, 15) is 0 Å². The van der Waals surface area contributed by atoms with Gasteiger partial charge in [0.1, 0.15) is 5.58 Å². The number of nitrogens with one attached hydrogen (secondary N) is 1. The molecule has 2 aliphatic carbocycles. The molecule has 2 nitrogen and oxygen atoms in total. The molecule has 2 saturated carbocycles. The van der Waals surface area contributed by atoms with Crippen LogP contribution >= 0.6 is 11.3 Å². The number of hydrogen-bond acceptors (Lipinski definition) is 3. The number of hydrogen-bond donors (Lipinski definition) is 1. The molecule has 0 amide bonds. The standard InChI is InChI=1S/C21H21NOS/c1-2-13-8-16(13)7-12(1)14-3-4-15-10-18(22-17(15)9-14)21-11-19-20(24-21)5-6-23-19/h3-6,9,11-13,16,18,22H,1-2,7-8,10H2. The molecule has 4 unspecified atom stereocenters. The molecule has 0 bridgehead atoms. The summed E-state index contributed by atoms with van der Waals surface area (Å²) < 4.78 is 6.78. The van der Waals surface area contributed by atoms with E-state index in [1.165, 1.54) is 46.5 Å². The van der Waals surface area contributed by atoms with Gasteiger partial charge in [0.2, 0.25) is 0 Å². The SMILES string of the molecule is c1cc2sc(C3Cc4ccc(C5CCC6CC6C5)cc4N3)cc2o1. The van der Waals surface area contributed by atoms with E-state index in [0.717, 1.165) is 29.8 Å². The van der Waals surface area contributed by atoms with Crippen LogP contribution in [-0.4, -0.2) is 0 Å². The van der Waals surface area contributed by atoms with Crippen molar-refractivity contribution in [2.24, 2.45) is 11.8 Å². The lowest BCUT2D eigenvalue weighted by atomic mass is 9.83. The molecule has 4 atom stereocenters. The number of furan rings is 1. The summed E-state index contributed by atoms with van der Waals surface area (Å²) in [6.07, 6.45) is 8.65. The number of rotatable bonds is 2. The van der Waals surface area contributed by atoms with Crippen molar-refractivity contribution in [3.8, 4) is 0 Å². The number of benzene rings is 1. The Bertz CT molecular complexity index is 894. The van der Waals surface area contributed by atoms with Gasteiger partial charge in [-0.1, -0.05) is 12.1 Å². The Balaban J connectivity index is 1.27. The molecular weight excluding hydrogens is 314 g/mol. The number of fused-ring (bicyclic) bond motifs is 3. The fourth-order valence-corrected chi connectivity index (χ4v) is 5.94. The Hall–Kier alpha value is -1.74. The van der Waals surface area contributed by atoms with Crippen molar-refractivity contribution >= 4 is 27.3 Å². The van der Waals surface area contributed by atoms with Gasteiger partial charge in [-0.25, -0.2) is 0 Å². The summed E-state index contributed by atoms with van der Waals surface area (Å²) in [6.45, 7) is 0. The zero-order valence-corrected chi connectivity index (χ0v) is 14.4. The summed E-state index contributed by atoms with van der Waals surface area (Å²) in [5.41, 5.74) is 5.41. The molecule has 0 saturated heterocycles.